The molecule has 10 nitrogen and oxygen atoms in total. The fraction of sp³-hybridized carbons (Fsp3) is 0.414. The largest absolute Gasteiger partial charge is 0.482 e. The number of hydrogen-bond donors (Lipinski definition) is 1. The molecule has 0 spiro atoms. The lowest BCUT2D eigenvalue weighted by Gasteiger charge is -2.42. The Balaban J connectivity index is 1.31. The topological polar surface area (TPSA) is 122 Å². The van der Waals surface area contributed by atoms with Gasteiger partial charge in [0.1, 0.15) is 40.4 Å². The zero-order valence-corrected chi connectivity index (χ0v) is 22.4. The molecule has 0 bridgehead atoms. The molecular formula is C29H30FN7O3. The molecule has 0 radical (unpaired) electrons. The first-order chi connectivity index (χ1) is 19.3. The molecule has 1 N–H and O–H groups in total. The third-order valence-electron chi connectivity index (χ3n) is 8.13. The highest BCUT2D eigenvalue weighted by molar-refractivity contribution is 5.86. The summed E-state index contributed by atoms with van der Waals surface area (Å²) in [6.07, 6.45) is 9.40. The number of aliphatic hydroxyl groups is 1. The first-order valence-electron chi connectivity index (χ1n) is 13.5. The molecule has 6 rings (SSSR count). The van der Waals surface area contributed by atoms with Crippen molar-refractivity contribution in [1.82, 2.24) is 29.3 Å². The number of hydrogen-bond acceptors (Lipinski definition) is 7. The Kier molecular flexibility index (Phi) is 6.50. The van der Waals surface area contributed by atoms with Crippen molar-refractivity contribution in [1.29, 1.82) is 5.26 Å². The van der Waals surface area contributed by atoms with Gasteiger partial charge in [-0.2, -0.15) is 15.5 Å². The van der Waals surface area contributed by atoms with Crippen molar-refractivity contribution in [2.24, 2.45) is 0 Å². The minimum atomic E-state index is -1.20. The Morgan fingerprint density at radius 2 is 2.08 bits per heavy atom. The quantitative estimate of drug-likeness (QED) is 0.388. The van der Waals surface area contributed by atoms with Crippen molar-refractivity contribution in [2.75, 3.05) is 13.1 Å². The molecule has 2 atom stereocenters. The highest BCUT2D eigenvalue weighted by Gasteiger charge is 2.45. The van der Waals surface area contributed by atoms with E-state index < -0.39 is 17.5 Å². The summed E-state index contributed by atoms with van der Waals surface area (Å²) in [7, 11) is 0. The van der Waals surface area contributed by atoms with E-state index in [0.717, 1.165) is 42.3 Å². The molecule has 4 aromatic heterocycles. The highest BCUT2D eigenvalue weighted by atomic mass is 19.1. The van der Waals surface area contributed by atoms with Gasteiger partial charge in [-0.1, -0.05) is 0 Å². The van der Waals surface area contributed by atoms with Gasteiger partial charge in [-0.3, -0.25) is 14.5 Å². The first-order valence-corrected chi connectivity index (χ1v) is 13.5. The third kappa shape index (κ3) is 4.48. The summed E-state index contributed by atoms with van der Waals surface area (Å²) in [5.41, 5.74) is 2.83. The van der Waals surface area contributed by atoms with Gasteiger partial charge in [0.2, 0.25) is 0 Å². The Bertz CT molecular complexity index is 1620. The number of piperidine rings is 1. The van der Waals surface area contributed by atoms with Gasteiger partial charge in [-0.15, -0.1) is 0 Å². The summed E-state index contributed by atoms with van der Waals surface area (Å²) in [5, 5.41) is 29.3. The Morgan fingerprint density at radius 3 is 2.77 bits per heavy atom. The fourth-order valence-electron chi connectivity index (χ4n) is 5.72. The number of fused-ring (bicyclic) bond motifs is 1. The van der Waals surface area contributed by atoms with Crippen LogP contribution >= 0.6 is 0 Å². The fourth-order valence-corrected chi connectivity index (χ4v) is 5.72. The molecule has 4 aromatic rings. The van der Waals surface area contributed by atoms with Gasteiger partial charge in [0.05, 0.1) is 30.3 Å². The Morgan fingerprint density at radius 1 is 1.25 bits per heavy atom. The van der Waals surface area contributed by atoms with E-state index in [1.165, 1.54) is 12.3 Å². The molecule has 1 aliphatic carbocycles. The predicted molar refractivity (Wildman–Crippen MR) is 143 cm³/mol. The lowest BCUT2D eigenvalue weighted by Crippen LogP contribution is -2.55. The number of nitriles is 1. The summed E-state index contributed by atoms with van der Waals surface area (Å²) in [5.74, 6) is -0.155. The SMILES string of the molecule is Cc1c(-c2cc(O[C@H](C)c3ccc(F)cn3)c3c(C#N)cnn3c2)cnn1[C@H]1CCCN(C(=O)C2(O)CCC2)C1. The van der Waals surface area contributed by atoms with Crippen LogP contribution in [0.2, 0.25) is 0 Å². The van der Waals surface area contributed by atoms with Crippen LogP contribution in [0.4, 0.5) is 4.39 Å². The average Bonchev–Trinajstić information content (AvgIpc) is 3.55. The van der Waals surface area contributed by atoms with E-state index >= 15 is 0 Å². The smallest absolute Gasteiger partial charge is 0.254 e. The van der Waals surface area contributed by atoms with Gasteiger partial charge in [0.25, 0.3) is 5.91 Å². The van der Waals surface area contributed by atoms with Crippen LogP contribution in [0.15, 0.2) is 43.0 Å². The Hall–Kier alpha value is -4.30. The van der Waals surface area contributed by atoms with Gasteiger partial charge in [-0.25, -0.2) is 8.91 Å². The lowest BCUT2D eigenvalue weighted by molar-refractivity contribution is -0.162. The number of ether oxygens (including phenoxy) is 1. The summed E-state index contributed by atoms with van der Waals surface area (Å²) in [6.45, 7) is 4.95. The molecule has 1 aliphatic heterocycles. The number of pyridine rings is 2. The van der Waals surface area contributed by atoms with E-state index in [0.29, 0.717) is 48.5 Å². The average molecular weight is 544 g/mol. The maximum atomic E-state index is 13.4. The normalized spacial score (nSPS) is 19.2. The third-order valence-corrected chi connectivity index (χ3v) is 8.13. The molecule has 1 amide bonds. The second kappa shape index (κ2) is 10.0. The van der Waals surface area contributed by atoms with E-state index in [2.05, 4.69) is 16.2 Å². The first kappa shape index (κ1) is 26.0. The second-order valence-electron chi connectivity index (χ2n) is 10.7. The number of aromatic nitrogens is 5. The molecule has 1 saturated carbocycles. The van der Waals surface area contributed by atoms with Crippen LogP contribution < -0.4 is 4.74 Å². The number of rotatable bonds is 6. The molecule has 0 aromatic carbocycles. The monoisotopic (exact) mass is 543 g/mol. The summed E-state index contributed by atoms with van der Waals surface area (Å²) >= 11 is 0. The van der Waals surface area contributed by atoms with Crippen molar-refractivity contribution < 1.29 is 19.0 Å². The van der Waals surface area contributed by atoms with Crippen LogP contribution in [-0.2, 0) is 4.79 Å². The summed E-state index contributed by atoms with van der Waals surface area (Å²) in [6, 6.07) is 6.92. The summed E-state index contributed by atoms with van der Waals surface area (Å²) < 4.78 is 23.2. The second-order valence-corrected chi connectivity index (χ2v) is 10.7. The van der Waals surface area contributed by atoms with Crippen molar-refractivity contribution in [3.63, 3.8) is 0 Å². The summed E-state index contributed by atoms with van der Waals surface area (Å²) in [4.78, 5) is 18.9. The molecule has 5 heterocycles. The van der Waals surface area contributed by atoms with E-state index in [4.69, 9.17) is 9.84 Å². The number of nitrogens with zero attached hydrogens (tertiary/aromatic N) is 7. The minimum absolute atomic E-state index is 0.00551. The van der Waals surface area contributed by atoms with Gasteiger partial charge in [0.15, 0.2) is 0 Å². The zero-order chi connectivity index (χ0) is 28.0. The number of amides is 1. The molecule has 1 saturated heterocycles. The van der Waals surface area contributed by atoms with Crippen molar-refractivity contribution >= 4 is 11.4 Å². The number of halogens is 1. The highest BCUT2D eigenvalue weighted by Crippen LogP contribution is 2.37. The molecule has 0 unspecified atom stereocenters. The van der Waals surface area contributed by atoms with Crippen LogP contribution in [-0.4, -0.2) is 59.0 Å². The van der Waals surface area contributed by atoms with Crippen molar-refractivity contribution in [3.8, 4) is 22.9 Å². The molecule has 11 heteroatoms. The Labute approximate surface area is 230 Å². The molecule has 206 valence electrons. The molecule has 2 fully saturated rings. The van der Waals surface area contributed by atoms with Gasteiger partial charge in [-0.05, 0) is 64.2 Å². The predicted octanol–water partition coefficient (Wildman–Crippen LogP) is 4.13. The van der Waals surface area contributed by atoms with E-state index in [-0.39, 0.29) is 11.9 Å². The van der Waals surface area contributed by atoms with Gasteiger partial charge in [0, 0.05) is 36.1 Å². The van der Waals surface area contributed by atoms with Crippen LogP contribution in [0, 0.1) is 24.1 Å². The minimum Gasteiger partial charge on any atom is -0.482 e. The molecular weight excluding hydrogens is 513 g/mol. The van der Waals surface area contributed by atoms with Gasteiger partial charge < -0.3 is 14.7 Å². The van der Waals surface area contributed by atoms with E-state index in [1.807, 2.05) is 30.8 Å². The van der Waals surface area contributed by atoms with Gasteiger partial charge >= 0.3 is 0 Å². The number of likely N-dealkylation sites (tertiary alicyclic amines) is 1. The lowest BCUT2D eigenvalue weighted by atomic mass is 9.79. The van der Waals surface area contributed by atoms with E-state index in [9.17, 15) is 19.6 Å². The van der Waals surface area contributed by atoms with Crippen molar-refractivity contribution in [2.45, 2.75) is 63.7 Å². The maximum Gasteiger partial charge on any atom is 0.254 e. The number of carbonyl (C=O) groups excluding carboxylic acids is 1. The zero-order valence-electron chi connectivity index (χ0n) is 22.4. The van der Waals surface area contributed by atoms with Crippen molar-refractivity contribution in [3.05, 3.63) is 65.8 Å². The molecule has 2 aliphatic rings. The van der Waals surface area contributed by atoms with E-state index in [1.54, 1.807) is 21.7 Å². The van der Waals surface area contributed by atoms with Crippen LogP contribution in [0.5, 0.6) is 5.75 Å². The molecule has 40 heavy (non-hydrogen) atoms. The maximum absolute atomic E-state index is 13.4. The van der Waals surface area contributed by atoms with Crippen LogP contribution in [0.1, 0.15) is 68.1 Å². The standard InChI is InChI=1S/C29H30FN7O3/c1-18-24(15-34-37(18)23-5-3-10-35(17-23)28(38)29(39)8-4-9-29)20-11-26(27-21(12-31)13-33-36(27)16-20)40-19(2)25-7-6-22(30)14-32-25/h6-7,11,13-16,19,23,39H,3-5,8-10,17H2,1-2H3/t19-,23+/m1/s1. The van der Waals surface area contributed by atoms with Crippen LogP contribution in [0.3, 0.4) is 0 Å². The number of carbonyl (C=O) groups is 1. The van der Waals surface area contributed by atoms with Crippen LogP contribution in [0.25, 0.3) is 16.6 Å².